The van der Waals surface area contributed by atoms with Crippen LogP contribution in [0.25, 0.3) is 5.76 Å². The number of carbonyl (C=O) groups excluding carboxylic acids is 2. The maximum Gasteiger partial charge on any atom is 0.300 e. The molecule has 1 aliphatic rings. The van der Waals surface area contributed by atoms with Crippen LogP contribution in [0.3, 0.4) is 0 Å². The van der Waals surface area contributed by atoms with E-state index in [4.69, 9.17) is 0 Å². The van der Waals surface area contributed by atoms with Crippen molar-refractivity contribution in [2.45, 2.75) is 13.0 Å². The minimum atomic E-state index is -0.948. The number of rotatable bonds is 3. The summed E-state index contributed by atoms with van der Waals surface area (Å²) in [5.41, 5.74) is 2.13. The Morgan fingerprint density at radius 1 is 0.900 bits per heavy atom. The third-order valence-corrected chi connectivity index (χ3v) is 5.08. The van der Waals surface area contributed by atoms with Gasteiger partial charge < -0.3 is 10.2 Å². The van der Waals surface area contributed by atoms with Gasteiger partial charge in [-0.1, -0.05) is 42.0 Å². The van der Waals surface area contributed by atoms with Gasteiger partial charge in [-0.05, 0) is 48.9 Å². The van der Waals surface area contributed by atoms with E-state index in [-0.39, 0.29) is 17.1 Å². The molecule has 1 atom stereocenters. The average Bonchev–Trinajstić information content (AvgIpc) is 3.00. The second kappa shape index (κ2) is 7.48. The van der Waals surface area contributed by atoms with Crippen LogP contribution in [0.5, 0.6) is 5.75 Å². The van der Waals surface area contributed by atoms with E-state index >= 15 is 0 Å². The lowest BCUT2D eigenvalue weighted by Gasteiger charge is -2.25. The van der Waals surface area contributed by atoms with E-state index in [0.29, 0.717) is 16.8 Å². The molecule has 0 aromatic heterocycles. The number of aromatic hydroxyl groups is 1. The Morgan fingerprint density at radius 2 is 1.50 bits per heavy atom. The molecule has 150 valence electrons. The minimum Gasteiger partial charge on any atom is -0.508 e. The van der Waals surface area contributed by atoms with Crippen LogP contribution in [0.15, 0.2) is 78.4 Å². The van der Waals surface area contributed by atoms with Crippen molar-refractivity contribution in [3.63, 3.8) is 0 Å². The molecular formula is C24H18FNO4. The summed E-state index contributed by atoms with van der Waals surface area (Å²) < 4.78 is 13.5. The van der Waals surface area contributed by atoms with E-state index < -0.39 is 23.5 Å². The Labute approximate surface area is 172 Å². The van der Waals surface area contributed by atoms with Gasteiger partial charge >= 0.3 is 0 Å². The maximum absolute atomic E-state index is 13.5. The van der Waals surface area contributed by atoms with Crippen LogP contribution in [-0.2, 0) is 9.59 Å². The van der Waals surface area contributed by atoms with Crippen LogP contribution in [-0.4, -0.2) is 21.9 Å². The molecule has 1 amide bonds. The van der Waals surface area contributed by atoms with Crippen LogP contribution in [0.2, 0.25) is 0 Å². The lowest BCUT2D eigenvalue weighted by atomic mass is 9.95. The predicted molar refractivity (Wildman–Crippen MR) is 110 cm³/mol. The number of nitrogens with zero attached hydrogens (tertiary/aromatic N) is 1. The van der Waals surface area contributed by atoms with Gasteiger partial charge in [0.05, 0.1) is 11.6 Å². The fraction of sp³-hybridized carbons (Fsp3) is 0.0833. The van der Waals surface area contributed by atoms with E-state index in [9.17, 15) is 24.2 Å². The minimum absolute atomic E-state index is 0.00771. The number of anilines is 1. The zero-order valence-corrected chi connectivity index (χ0v) is 16.0. The van der Waals surface area contributed by atoms with Gasteiger partial charge in [-0.25, -0.2) is 4.39 Å². The monoisotopic (exact) mass is 403 g/mol. The standard InChI is InChI=1S/C24H18FNO4/c1-14-2-4-16(5-3-14)22(28)20-21(15-6-8-17(25)9-7-15)26(24(30)23(20)29)18-10-12-19(27)13-11-18/h2-13,21,27-28H,1H3/b22-20+. The summed E-state index contributed by atoms with van der Waals surface area (Å²) in [6.07, 6.45) is 0. The first-order valence-corrected chi connectivity index (χ1v) is 9.29. The summed E-state index contributed by atoms with van der Waals surface area (Å²) in [4.78, 5) is 27.1. The van der Waals surface area contributed by atoms with E-state index in [1.165, 1.54) is 53.4 Å². The van der Waals surface area contributed by atoms with Crippen molar-refractivity contribution in [1.82, 2.24) is 0 Å². The normalized spacial score (nSPS) is 18.1. The number of phenolic OH excluding ortho intramolecular Hbond substituents is 1. The van der Waals surface area contributed by atoms with E-state index in [1.807, 2.05) is 6.92 Å². The predicted octanol–water partition coefficient (Wildman–Crippen LogP) is 4.47. The van der Waals surface area contributed by atoms with Crippen LogP contribution in [0.4, 0.5) is 10.1 Å². The van der Waals surface area contributed by atoms with Crippen LogP contribution >= 0.6 is 0 Å². The summed E-state index contributed by atoms with van der Waals surface area (Å²) in [6, 6.07) is 17.2. The number of amides is 1. The molecule has 1 heterocycles. The van der Waals surface area contributed by atoms with Crippen molar-refractivity contribution in [3.8, 4) is 5.75 Å². The third kappa shape index (κ3) is 3.33. The molecule has 1 unspecified atom stereocenters. The van der Waals surface area contributed by atoms with Gasteiger partial charge in [0.2, 0.25) is 0 Å². The largest absolute Gasteiger partial charge is 0.508 e. The first-order valence-electron chi connectivity index (χ1n) is 9.29. The number of halogens is 1. The molecule has 4 rings (SSSR count). The Hall–Kier alpha value is -3.93. The number of carbonyl (C=O) groups is 2. The van der Waals surface area contributed by atoms with E-state index in [1.54, 1.807) is 24.3 Å². The van der Waals surface area contributed by atoms with Crippen molar-refractivity contribution in [3.05, 3.63) is 101 Å². The molecular weight excluding hydrogens is 385 g/mol. The number of aryl methyl sites for hydroxylation is 1. The highest BCUT2D eigenvalue weighted by Gasteiger charge is 2.46. The quantitative estimate of drug-likeness (QED) is 0.384. The highest BCUT2D eigenvalue weighted by Crippen LogP contribution is 2.42. The Morgan fingerprint density at radius 3 is 2.10 bits per heavy atom. The number of benzene rings is 3. The highest BCUT2D eigenvalue weighted by atomic mass is 19.1. The molecule has 3 aromatic carbocycles. The third-order valence-electron chi connectivity index (χ3n) is 5.08. The molecule has 0 aliphatic carbocycles. The Kier molecular flexibility index (Phi) is 4.83. The number of aliphatic hydroxyl groups is 1. The lowest BCUT2D eigenvalue weighted by Crippen LogP contribution is -2.29. The molecule has 0 bridgehead atoms. The molecule has 1 fully saturated rings. The Balaban J connectivity index is 1.93. The number of aliphatic hydroxyl groups excluding tert-OH is 1. The smallest absolute Gasteiger partial charge is 0.300 e. The average molecular weight is 403 g/mol. The molecule has 6 heteroatoms. The second-order valence-corrected chi connectivity index (χ2v) is 7.10. The van der Waals surface area contributed by atoms with Gasteiger partial charge in [0, 0.05) is 11.3 Å². The lowest BCUT2D eigenvalue weighted by molar-refractivity contribution is -0.132. The zero-order chi connectivity index (χ0) is 21.4. The summed E-state index contributed by atoms with van der Waals surface area (Å²) in [7, 11) is 0. The molecule has 5 nitrogen and oxygen atoms in total. The van der Waals surface area contributed by atoms with Crippen molar-refractivity contribution < 1.29 is 24.2 Å². The molecule has 0 saturated carbocycles. The maximum atomic E-state index is 13.5. The first-order chi connectivity index (χ1) is 14.4. The molecule has 30 heavy (non-hydrogen) atoms. The van der Waals surface area contributed by atoms with Crippen LogP contribution < -0.4 is 4.90 Å². The van der Waals surface area contributed by atoms with Gasteiger partial charge in [-0.15, -0.1) is 0 Å². The molecule has 0 radical (unpaired) electrons. The molecule has 1 saturated heterocycles. The number of hydrogen-bond donors (Lipinski definition) is 2. The number of ketones is 1. The molecule has 1 aliphatic heterocycles. The fourth-order valence-electron chi connectivity index (χ4n) is 3.54. The SMILES string of the molecule is Cc1ccc(/C(O)=C2\C(=O)C(=O)N(c3ccc(O)cc3)C2c2ccc(F)cc2)cc1. The summed E-state index contributed by atoms with van der Waals surface area (Å²) in [5.74, 6) is -2.41. The van der Waals surface area contributed by atoms with Crippen LogP contribution in [0.1, 0.15) is 22.7 Å². The van der Waals surface area contributed by atoms with Crippen molar-refractivity contribution >= 4 is 23.1 Å². The Bertz CT molecular complexity index is 1150. The van der Waals surface area contributed by atoms with Crippen molar-refractivity contribution in [2.24, 2.45) is 0 Å². The van der Waals surface area contributed by atoms with Gasteiger partial charge in [0.25, 0.3) is 11.7 Å². The van der Waals surface area contributed by atoms with Crippen molar-refractivity contribution in [1.29, 1.82) is 0 Å². The van der Waals surface area contributed by atoms with E-state index in [0.717, 1.165) is 5.56 Å². The fourth-order valence-corrected chi connectivity index (χ4v) is 3.54. The molecule has 2 N–H and O–H groups in total. The number of hydrogen-bond acceptors (Lipinski definition) is 4. The van der Waals surface area contributed by atoms with Crippen LogP contribution in [0, 0.1) is 12.7 Å². The summed E-state index contributed by atoms with van der Waals surface area (Å²) in [5, 5.41) is 20.5. The topological polar surface area (TPSA) is 77.8 Å². The summed E-state index contributed by atoms with van der Waals surface area (Å²) >= 11 is 0. The summed E-state index contributed by atoms with van der Waals surface area (Å²) in [6.45, 7) is 1.89. The van der Waals surface area contributed by atoms with Gasteiger partial charge in [0.1, 0.15) is 17.3 Å². The van der Waals surface area contributed by atoms with Gasteiger partial charge in [-0.2, -0.15) is 0 Å². The number of Topliss-reactive ketones (excluding diaryl/α,β-unsaturated/α-hetero) is 1. The van der Waals surface area contributed by atoms with Gasteiger partial charge in [0.15, 0.2) is 0 Å². The molecule has 3 aromatic rings. The van der Waals surface area contributed by atoms with Gasteiger partial charge in [-0.3, -0.25) is 14.5 Å². The number of phenols is 1. The molecule has 0 spiro atoms. The van der Waals surface area contributed by atoms with Crippen molar-refractivity contribution in [2.75, 3.05) is 4.90 Å². The zero-order valence-electron chi connectivity index (χ0n) is 16.0. The first kappa shape index (κ1) is 19.4. The second-order valence-electron chi connectivity index (χ2n) is 7.10. The van der Waals surface area contributed by atoms with E-state index in [2.05, 4.69) is 0 Å². The highest BCUT2D eigenvalue weighted by molar-refractivity contribution is 6.51.